The molecule has 25 heavy (non-hydrogen) atoms. The van der Waals surface area contributed by atoms with Crippen LogP contribution in [0.4, 0.5) is 0 Å². The fourth-order valence-corrected chi connectivity index (χ4v) is 2.65. The van der Waals surface area contributed by atoms with Crippen LogP contribution in [0, 0.1) is 13.8 Å². The highest BCUT2D eigenvalue weighted by Crippen LogP contribution is 2.31. The van der Waals surface area contributed by atoms with Crippen molar-refractivity contribution in [3.63, 3.8) is 0 Å². The molecule has 0 saturated carbocycles. The van der Waals surface area contributed by atoms with E-state index in [4.69, 9.17) is 14.2 Å². The third-order valence-electron chi connectivity index (χ3n) is 4.26. The van der Waals surface area contributed by atoms with Crippen LogP contribution in [-0.2, 0) is 9.53 Å². The third kappa shape index (κ3) is 3.43. The van der Waals surface area contributed by atoms with E-state index in [-0.39, 0.29) is 5.97 Å². The zero-order valence-electron chi connectivity index (χ0n) is 14.8. The van der Waals surface area contributed by atoms with Gasteiger partial charge in [-0.2, -0.15) is 0 Å². The molecule has 3 rings (SSSR count). The minimum Gasteiger partial charge on any atom is -0.497 e. The summed E-state index contributed by atoms with van der Waals surface area (Å²) in [6.07, 6.45) is 3.50. The zero-order chi connectivity index (χ0) is 18.0. The molecule has 0 saturated heterocycles. The van der Waals surface area contributed by atoms with Gasteiger partial charge in [-0.25, -0.2) is 4.79 Å². The molecule has 0 unspecified atom stereocenters. The molecular weight excluding hydrogens is 316 g/mol. The van der Waals surface area contributed by atoms with Crippen LogP contribution in [0.5, 0.6) is 11.5 Å². The van der Waals surface area contributed by atoms with Crippen LogP contribution in [0.15, 0.2) is 48.0 Å². The van der Waals surface area contributed by atoms with Gasteiger partial charge < -0.3 is 14.2 Å². The highest BCUT2D eigenvalue weighted by Gasteiger charge is 2.22. The summed E-state index contributed by atoms with van der Waals surface area (Å²) in [7, 11) is 3.19. The molecule has 0 aromatic heterocycles. The molecule has 0 aliphatic carbocycles. The Morgan fingerprint density at radius 3 is 2.44 bits per heavy atom. The number of hydrogen-bond acceptors (Lipinski definition) is 4. The Hall–Kier alpha value is -3.01. The predicted molar refractivity (Wildman–Crippen MR) is 97.5 cm³/mol. The Morgan fingerprint density at radius 2 is 1.76 bits per heavy atom. The summed E-state index contributed by atoms with van der Waals surface area (Å²) in [5.74, 6) is 1.53. The molecule has 0 fully saturated rings. The summed E-state index contributed by atoms with van der Waals surface area (Å²) in [6.45, 7) is 4.09. The van der Waals surface area contributed by atoms with Crippen molar-refractivity contribution in [2.75, 3.05) is 14.2 Å². The Labute approximate surface area is 147 Å². The molecular formula is C21H20O4. The van der Waals surface area contributed by atoms with Crippen molar-refractivity contribution in [2.24, 2.45) is 0 Å². The predicted octanol–water partition coefficient (Wildman–Crippen LogP) is 4.30. The fourth-order valence-electron chi connectivity index (χ4n) is 2.65. The average molecular weight is 336 g/mol. The van der Waals surface area contributed by atoms with Gasteiger partial charge in [0.1, 0.15) is 17.3 Å². The minimum absolute atomic E-state index is 0.377. The van der Waals surface area contributed by atoms with Gasteiger partial charge in [0.2, 0.25) is 0 Å². The van der Waals surface area contributed by atoms with E-state index in [1.807, 2.05) is 37.3 Å². The lowest BCUT2D eigenvalue weighted by atomic mass is 10.0. The summed E-state index contributed by atoms with van der Waals surface area (Å²) < 4.78 is 16.0. The highest BCUT2D eigenvalue weighted by atomic mass is 16.5. The van der Waals surface area contributed by atoms with E-state index in [1.165, 1.54) is 5.56 Å². The molecule has 0 spiro atoms. The first kappa shape index (κ1) is 16.8. The normalized spacial score (nSPS) is 15.1. The summed E-state index contributed by atoms with van der Waals surface area (Å²) in [5.41, 5.74) is 4.47. The van der Waals surface area contributed by atoms with Gasteiger partial charge in [-0.15, -0.1) is 0 Å². The van der Waals surface area contributed by atoms with Crippen LogP contribution in [0.25, 0.3) is 11.8 Å². The van der Waals surface area contributed by atoms with Crippen LogP contribution in [-0.4, -0.2) is 20.2 Å². The molecule has 2 aromatic rings. The second-order valence-corrected chi connectivity index (χ2v) is 5.90. The van der Waals surface area contributed by atoms with Gasteiger partial charge in [0.05, 0.1) is 19.8 Å². The van der Waals surface area contributed by atoms with Crippen molar-refractivity contribution >= 4 is 17.8 Å². The molecule has 0 atom stereocenters. The van der Waals surface area contributed by atoms with Crippen molar-refractivity contribution in [3.05, 3.63) is 70.3 Å². The number of carbonyl (C=O) groups is 1. The van der Waals surface area contributed by atoms with Gasteiger partial charge in [-0.1, -0.05) is 12.1 Å². The number of aryl methyl sites for hydroxylation is 2. The summed E-state index contributed by atoms with van der Waals surface area (Å²) in [5, 5.41) is 0. The quantitative estimate of drug-likeness (QED) is 0.617. The van der Waals surface area contributed by atoms with E-state index in [9.17, 15) is 4.79 Å². The van der Waals surface area contributed by atoms with Crippen LogP contribution in [0.1, 0.15) is 22.3 Å². The first-order chi connectivity index (χ1) is 12.0. The number of hydrogen-bond donors (Lipinski definition) is 0. The highest BCUT2D eigenvalue weighted by molar-refractivity contribution is 6.05. The molecule has 128 valence electrons. The van der Waals surface area contributed by atoms with Gasteiger partial charge in [-0.05, 0) is 61.4 Å². The van der Waals surface area contributed by atoms with E-state index in [0.717, 1.165) is 16.7 Å². The number of cyclic esters (lactones) is 1. The Bertz CT molecular complexity index is 891. The number of ether oxygens (including phenoxy) is 3. The molecule has 1 heterocycles. The average Bonchev–Trinajstić information content (AvgIpc) is 2.98. The van der Waals surface area contributed by atoms with Crippen molar-refractivity contribution in [1.82, 2.24) is 0 Å². The molecule has 0 bridgehead atoms. The van der Waals surface area contributed by atoms with Crippen molar-refractivity contribution in [3.8, 4) is 11.5 Å². The molecule has 0 amide bonds. The molecule has 1 aliphatic rings. The maximum Gasteiger partial charge on any atom is 0.343 e. The van der Waals surface area contributed by atoms with E-state index < -0.39 is 0 Å². The van der Waals surface area contributed by atoms with E-state index in [1.54, 1.807) is 32.4 Å². The number of carbonyl (C=O) groups excluding carboxylic acids is 1. The van der Waals surface area contributed by atoms with Gasteiger partial charge >= 0.3 is 5.97 Å². The second-order valence-electron chi connectivity index (χ2n) is 5.90. The molecule has 1 aliphatic heterocycles. The largest absolute Gasteiger partial charge is 0.497 e. The molecule has 2 aromatic carbocycles. The molecule has 0 N–H and O–H groups in total. The summed E-state index contributed by atoms with van der Waals surface area (Å²) >= 11 is 0. The lowest BCUT2D eigenvalue weighted by molar-refractivity contribution is -0.130. The van der Waals surface area contributed by atoms with E-state index in [2.05, 4.69) is 6.92 Å². The Balaban J connectivity index is 2.00. The van der Waals surface area contributed by atoms with Crippen molar-refractivity contribution < 1.29 is 19.0 Å². The molecule has 0 radical (unpaired) electrons. The third-order valence-corrected chi connectivity index (χ3v) is 4.26. The fraction of sp³-hybridized carbons (Fsp3) is 0.190. The van der Waals surface area contributed by atoms with Crippen LogP contribution >= 0.6 is 0 Å². The van der Waals surface area contributed by atoms with Crippen molar-refractivity contribution in [2.45, 2.75) is 13.8 Å². The number of rotatable bonds is 4. The second kappa shape index (κ2) is 6.85. The van der Waals surface area contributed by atoms with Crippen LogP contribution in [0.2, 0.25) is 0 Å². The number of benzene rings is 2. The van der Waals surface area contributed by atoms with Gasteiger partial charge in [-0.3, -0.25) is 0 Å². The molecule has 4 heteroatoms. The topological polar surface area (TPSA) is 44.8 Å². The lowest BCUT2D eigenvalue weighted by Crippen LogP contribution is -1.98. The Morgan fingerprint density at radius 1 is 0.960 bits per heavy atom. The van der Waals surface area contributed by atoms with Gasteiger partial charge in [0.15, 0.2) is 0 Å². The number of methoxy groups -OCH3 is 2. The smallest absolute Gasteiger partial charge is 0.343 e. The monoisotopic (exact) mass is 336 g/mol. The number of esters is 1. The summed E-state index contributed by atoms with van der Waals surface area (Å²) in [4.78, 5) is 12.3. The maximum atomic E-state index is 12.3. The van der Waals surface area contributed by atoms with Gasteiger partial charge in [0.25, 0.3) is 0 Å². The summed E-state index contributed by atoms with van der Waals surface area (Å²) in [6, 6.07) is 11.4. The first-order valence-electron chi connectivity index (χ1n) is 7.97. The van der Waals surface area contributed by atoms with Gasteiger partial charge in [0, 0.05) is 11.1 Å². The lowest BCUT2D eigenvalue weighted by Gasteiger charge is -2.07. The van der Waals surface area contributed by atoms with E-state index >= 15 is 0 Å². The van der Waals surface area contributed by atoms with Crippen LogP contribution in [0.3, 0.4) is 0 Å². The SMILES string of the molecule is COc1ccc(OC)c(C=C2C=C(c3ccc(C)c(C)c3)OC2=O)c1. The Kier molecular flexibility index (Phi) is 4.61. The molecule has 4 nitrogen and oxygen atoms in total. The maximum absolute atomic E-state index is 12.3. The standard InChI is InChI=1S/C21H20O4/c1-13-5-6-15(9-14(13)2)20-12-17(21(22)25-20)10-16-11-18(23-3)7-8-19(16)24-4/h5-12H,1-4H3. The minimum atomic E-state index is -0.377. The van der Waals surface area contributed by atoms with Crippen LogP contribution < -0.4 is 9.47 Å². The zero-order valence-corrected chi connectivity index (χ0v) is 14.8. The van der Waals surface area contributed by atoms with E-state index in [0.29, 0.717) is 22.8 Å². The first-order valence-corrected chi connectivity index (χ1v) is 7.97. The van der Waals surface area contributed by atoms with Crippen molar-refractivity contribution in [1.29, 1.82) is 0 Å².